The summed E-state index contributed by atoms with van der Waals surface area (Å²) in [4.78, 5) is 4.10. The van der Waals surface area contributed by atoms with Crippen molar-refractivity contribution in [3.63, 3.8) is 0 Å². The van der Waals surface area contributed by atoms with Crippen LogP contribution in [-0.2, 0) is 0 Å². The zero-order chi connectivity index (χ0) is 15.2. The lowest BCUT2D eigenvalue weighted by Gasteiger charge is -2.10. The van der Waals surface area contributed by atoms with E-state index >= 15 is 0 Å². The Kier molecular flexibility index (Phi) is 5.74. The number of rotatable bonds is 6. The highest BCUT2D eigenvalue weighted by Gasteiger charge is 2.05. The van der Waals surface area contributed by atoms with E-state index in [0.717, 1.165) is 0 Å². The van der Waals surface area contributed by atoms with E-state index in [9.17, 15) is 0 Å². The molecule has 0 bridgehead atoms. The molecule has 1 aromatic carbocycles. The van der Waals surface area contributed by atoms with E-state index < -0.39 is 0 Å². The predicted molar refractivity (Wildman–Crippen MR) is 86.8 cm³/mol. The van der Waals surface area contributed by atoms with Gasteiger partial charge in [-0.05, 0) is 36.4 Å². The number of hydrogen-bond donors (Lipinski definition) is 0. The molecule has 21 heavy (non-hydrogen) atoms. The molecule has 0 aliphatic heterocycles. The first-order valence-electron chi connectivity index (χ1n) is 6.10. The summed E-state index contributed by atoms with van der Waals surface area (Å²) in [7, 11) is 0. The monoisotopic (exact) mass is 343 g/mol. The minimum Gasteiger partial charge on any atom is -0.488 e. The molecule has 0 saturated carbocycles. The number of pyridine rings is 1. The Morgan fingerprint density at radius 3 is 2.29 bits per heavy atom. The van der Waals surface area contributed by atoms with E-state index in [2.05, 4.69) is 11.6 Å². The smallest absolute Gasteiger partial charge is 0.171 e. The molecule has 110 valence electrons. The van der Waals surface area contributed by atoms with Gasteiger partial charge in [-0.15, -0.1) is 0 Å². The van der Waals surface area contributed by atoms with Crippen LogP contribution in [0.3, 0.4) is 0 Å². The third kappa shape index (κ3) is 4.53. The van der Waals surface area contributed by atoms with Crippen molar-refractivity contribution in [2.45, 2.75) is 0 Å². The van der Waals surface area contributed by atoms with E-state index in [-0.39, 0.29) is 5.15 Å². The Morgan fingerprint density at radius 1 is 1.00 bits per heavy atom. The fourth-order valence-electron chi connectivity index (χ4n) is 1.55. The van der Waals surface area contributed by atoms with Gasteiger partial charge in [0.1, 0.15) is 19.0 Å². The van der Waals surface area contributed by atoms with Gasteiger partial charge in [-0.3, -0.25) is 0 Å². The van der Waals surface area contributed by atoms with Crippen LogP contribution in [-0.4, -0.2) is 18.2 Å². The van der Waals surface area contributed by atoms with Crippen molar-refractivity contribution in [3.05, 3.63) is 57.8 Å². The first-order valence-corrected chi connectivity index (χ1v) is 7.23. The second-order valence-corrected chi connectivity index (χ2v) is 5.20. The minimum atomic E-state index is 0.289. The number of benzene rings is 1. The van der Waals surface area contributed by atoms with Crippen molar-refractivity contribution in [2.24, 2.45) is 0 Å². The maximum Gasteiger partial charge on any atom is 0.171 e. The summed E-state index contributed by atoms with van der Waals surface area (Å²) in [6, 6.07) is 8.54. The summed E-state index contributed by atoms with van der Waals surface area (Å²) in [5.74, 6) is 1.05. The van der Waals surface area contributed by atoms with Gasteiger partial charge in [0.2, 0.25) is 0 Å². The van der Waals surface area contributed by atoms with Crippen LogP contribution in [0.4, 0.5) is 0 Å². The van der Waals surface area contributed by atoms with Crippen molar-refractivity contribution in [2.75, 3.05) is 13.2 Å². The van der Waals surface area contributed by atoms with Crippen molar-refractivity contribution in [1.82, 2.24) is 4.98 Å². The Labute approximate surface area is 138 Å². The Bertz CT molecular complexity index is 647. The van der Waals surface area contributed by atoms with E-state index in [0.29, 0.717) is 40.5 Å². The molecule has 0 atom stereocenters. The predicted octanol–water partition coefficient (Wildman–Crippen LogP) is 5.14. The molecule has 0 radical (unpaired) electrons. The molecule has 3 nitrogen and oxygen atoms in total. The standard InChI is InChI=1S/C15H12Cl3NO2/c1-2-11-4-6-14(15(18)19-11)21-8-7-20-13-5-3-10(16)9-12(13)17/h2-6,9H,1,7-8H2. The van der Waals surface area contributed by atoms with Gasteiger partial charge in [0, 0.05) is 5.02 Å². The van der Waals surface area contributed by atoms with Crippen molar-refractivity contribution in [1.29, 1.82) is 0 Å². The Balaban J connectivity index is 1.86. The Hall–Kier alpha value is -1.42. The minimum absolute atomic E-state index is 0.289. The number of nitrogens with zero attached hydrogens (tertiary/aromatic N) is 1. The number of aromatic nitrogens is 1. The number of halogens is 3. The summed E-state index contributed by atoms with van der Waals surface area (Å²) in [6.45, 7) is 4.25. The van der Waals surface area contributed by atoms with Crippen LogP contribution in [0.2, 0.25) is 15.2 Å². The van der Waals surface area contributed by atoms with Crippen LogP contribution in [0.5, 0.6) is 11.5 Å². The molecule has 1 heterocycles. The van der Waals surface area contributed by atoms with Crippen LogP contribution in [0, 0.1) is 0 Å². The summed E-state index contributed by atoms with van der Waals surface area (Å²) in [6.07, 6.45) is 1.61. The Morgan fingerprint density at radius 2 is 1.67 bits per heavy atom. The highest BCUT2D eigenvalue weighted by atomic mass is 35.5. The van der Waals surface area contributed by atoms with Gasteiger partial charge in [0.15, 0.2) is 10.9 Å². The molecular formula is C15H12Cl3NO2. The fourth-order valence-corrected chi connectivity index (χ4v) is 2.23. The molecule has 0 fully saturated rings. The van der Waals surface area contributed by atoms with Gasteiger partial charge in [-0.1, -0.05) is 41.4 Å². The van der Waals surface area contributed by atoms with Crippen molar-refractivity contribution in [3.8, 4) is 11.5 Å². The third-order valence-corrected chi connectivity index (χ3v) is 3.34. The maximum atomic E-state index is 5.99. The van der Waals surface area contributed by atoms with Crippen LogP contribution in [0.15, 0.2) is 36.9 Å². The fraction of sp³-hybridized carbons (Fsp3) is 0.133. The highest BCUT2D eigenvalue weighted by molar-refractivity contribution is 6.35. The normalized spacial score (nSPS) is 10.2. The second-order valence-electron chi connectivity index (χ2n) is 4.00. The average molecular weight is 345 g/mol. The van der Waals surface area contributed by atoms with Gasteiger partial charge in [0.25, 0.3) is 0 Å². The molecule has 0 spiro atoms. The molecule has 2 rings (SSSR count). The first kappa shape index (κ1) is 16.0. The van der Waals surface area contributed by atoms with E-state index in [1.807, 2.05) is 0 Å². The molecule has 0 N–H and O–H groups in total. The van der Waals surface area contributed by atoms with Crippen LogP contribution in [0.1, 0.15) is 5.69 Å². The van der Waals surface area contributed by atoms with Crippen molar-refractivity contribution < 1.29 is 9.47 Å². The molecule has 0 unspecified atom stereocenters. The number of hydrogen-bond acceptors (Lipinski definition) is 3. The van der Waals surface area contributed by atoms with Crippen LogP contribution < -0.4 is 9.47 Å². The summed E-state index contributed by atoms with van der Waals surface area (Å²) in [5, 5.41) is 1.30. The first-order chi connectivity index (χ1) is 10.1. The zero-order valence-electron chi connectivity index (χ0n) is 11.0. The SMILES string of the molecule is C=Cc1ccc(OCCOc2ccc(Cl)cc2Cl)c(Cl)n1. The summed E-state index contributed by atoms with van der Waals surface area (Å²) < 4.78 is 11.0. The van der Waals surface area contributed by atoms with Gasteiger partial charge in [0.05, 0.1) is 10.7 Å². The second kappa shape index (κ2) is 7.55. The van der Waals surface area contributed by atoms with Crippen molar-refractivity contribution >= 4 is 40.9 Å². The van der Waals surface area contributed by atoms with E-state index in [4.69, 9.17) is 44.3 Å². The molecule has 0 aliphatic rings. The zero-order valence-corrected chi connectivity index (χ0v) is 13.3. The molecular weight excluding hydrogens is 333 g/mol. The topological polar surface area (TPSA) is 31.4 Å². The average Bonchev–Trinajstić information content (AvgIpc) is 2.46. The molecule has 0 saturated heterocycles. The van der Waals surface area contributed by atoms with Gasteiger partial charge in [-0.2, -0.15) is 0 Å². The van der Waals surface area contributed by atoms with Crippen LogP contribution in [0.25, 0.3) is 6.08 Å². The van der Waals surface area contributed by atoms with Gasteiger partial charge >= 0.3 is 0 Å². The van der Waals surface area contributed by atoms with E-state index in [1.54, 1.807) is 36.4 Å². The summed E-state index contributed by atoms with van der Waals surface area (Å²) in [5.41, 5.74) is 0.691. The molecule has 2 aromatic rings. The molecule has 0 aliphatic carbocycles. The lowest BCUT2D eigenvalue weighted by Crippen LogP contribution is -2.09. The highest BCUT2D eigenvalue weighted by Crippen LogP contribution is 2.27. The van der Waals surface area contributed by atoms with Crippen LogP contribution >= 0.6 is 34.8 Å². The summed E-state index contributed by atoms with van der Waals surface area (Å²) >= 11 is 17.8. The molecule has 0 amide bonds. The quantitative estimate of drug-likeness (QED) is 0.537. The lowest BCUT2D eigenvalue weighted by molar-refractivity contribution is 0.217. The number of ether oxygens (including phenoxy) is 2. The third-order valence-electron chi connectivity index (χ3n) is 2.54. The lowest BCUT2D eigenvalue weighted by atomic mass is 10.3. The largest absolute Gasteiger partial charge is 0.488 e. The van der Waals surface area contributed by atoms with Gasteiger partial charge < -0.3 is 9.47 Å². The maximum absolute atomic E-state index is 5.99. The molecule has 6 heteroatoms. The van der Waals surface area contributed by atoms with Gasteiger partial charge in [-0.25, -0.2) is 4.98 Å². The molecule has 1 aromatic heterocycles. The van der Waals surface area contributed by atoms with E-state index in [1.165, 1.54) is 0 Å².